The van der Waals surface area contributed by atoms with E-state index in [1.165, 1.54) is 43.2 Å². The molecule has 1 aliphatic heterocycles. The molecule has 2 aromatic carbocycles. The lowest BCUT2D eigenvalue weighted by Crippen LogP contribution is -2.47. The number of guanidine groups is 1. The lowest BCUT2D eigenvalue weighted by molar-refractivity contribution is 0.100. The van der Waals surface area contributed by atoms with Gasteiger partial charge in [0.2, 0.25) is 5.96 Å². The van der Waals surface area contributed by atoms with Gasteiger partial charge in [0.25, 0.3) is 5.91 Å². The van der Waals surface area contributed by atoms with E-state index in [1.54, 1.807) is 0 Å². The SMILES string of the molecule is O=C(/N=C(/Nc1cc(F)cc(Cl)c1)NC1CC(C2CC2)NN1)c1ccc(Cl)c(F)c1. The van der Waals surface area contributed by atoms with Crippen LogP contribution in [0.25, 0.3) is 0 Å². The Morgan fingerprint density at radius 2 is 1.90 bits per heavy atom. The molecule has 10 heteroatoms. The van der Waals surface area contributed by atoms with Crippen LogP contribution >= 0.6 is 23.2 Å². The van der Waals surface area contributed by atoms with Crippen molar-refractivity contribution in [1.29, 1.82) is 0 Å². The zero-order valence-corrected chi connectivity index (χ0v) is 17.2. The van der Waals surface area contributed by atoms with Crippen molar-refractivity contribution >= 4 is 40.8 Å². The molecule has 0 spiro atoms. The summed E-state index contributed by atoms with van der Waals surface area (Å²) in [5.74, 6) is -1.23. The first-order valence-electron chi connectivity index (χ1n) is 9.46. The van der Waals surface area contributed by atoms with E-state index in [1.807, 2.05) is 0 Å². The van der Waals surface area contributed by atoms with Gasteiger partial charge >= 0.3 is 0 Å². The molecular formula is C20H19Cl2F2N5O. The van der Waals surface area contributed by atoms with Crippen LogP contribution < -0.4 is 21.5 Å². The topological polar surface area (TPSA) is 77.5 Å². The third kappa shape index (κ3) is 5.26. The standard InChI is InChI=1S/C20H19Cl2F2N5O/c21-12-6-13(23)8-14(7-12)25-20(26-18-9-17(28-29-18)10-1-2-10)27-19(30)11-3-4-15(22)16(24)5-11/h3-8,10,17-18,28-29H,1-2,9H2,(H2,25,26,27,30). The first-order chi connectivity index (χ1) is 14.4. The number of carbonyl (C=O) groups excluding carboxylic acids is 1. The first kappa shape index (κ1) is 21.0. The first-order valence-corrected chi connectivity index (χ1v) is 10.2. The Morgan fingerprint density at radius 1 is 1.10 bits per heavy atom. The van der Waals surface area contributed by atoms with Gasteiger partial charge < -0.3 is 10.6 Å². The molecular weight excluding hydrogens is 435 g/mol. The predicted octanol–water partition coefficient (Wildman–Crippen LogP) is 4.07. The van der Waals surface area contributed by atoms with E-state index in [4.69, 9.17) is 23.2 Å². The molecule has 4 rings (SSSR count). The summed E-state index contributed by atoms with van der Waals surface area (Å²) >= 11 is 11.6. The highest BCUT2D eigenvalue weighted by Gasteiger charge is 2.36. The molecule has 158 valence electrons. The van der Waals surface area contributed by atoms with Crippen LogP contribution in [-0.4, -0.2) is 24.1 Å². The predicted molar refractivity (Wildman–Crippen MR) is 113 cm³/mol. The Labute approximate surface area is 182 Å². The van der Waals surface area contributed by atoms with E-state index in [0.717, 1.165) is 12.5 Å². The van der Waals surface area contributed by atoms with Gasteiger partial charge in [-0.2, -0.15) is 4.99 Å². The number of nitrogens with one attached hydrogen (secondary N) is 4. The Morgan fingerprint density at radius 3 is 2.60 bits per heavy atom. The zero-order valence-electron chi connectivity index (χ0n) is 15.7. The van der Waals surface area contributed by atoms with E-state index in [-0.39, 0.29) is 27.7 Å². The minimum absolute atomic E-state index is 0.0311. The van der Waals surface area contributed by atoms with Crippen LogP contribution in [-0.2, 0) is 0 Å². The van der Waals surface area contributed by atoms with E-state index >= 15 is 0 Å². The fraction of sp³-hybridized carbons (Fsp3) is 0.300. The summed E-state index contributed by atoms with van der Waals surface area (Å²) < 4.78 is 27.4. The van der Waals surface area contributed by atoms with Gasteiger partial charge in [-0.15, -0.1) is 0 Å². The van der Waals surface area contributed by atoms with Crippen LogP contribution in [0.2, 0.25) is 10.0 Å². The summed E-state index contributed by atoms with van der Waals surface area (Å²) in [7, 11) is 0. The summed E-state index contributed by atoms with van der Waals surface area (Å²) in [6.07, 6.45) is 2.95. The van der Waals surface area contributed by atoms with Gasteiger partial charge in [-0.3, -0.25) is 10.2 Å². The summed E-state index contributed by atoms with van der Waals surface area (Å²) in [6, 6.07) is 7.91. The average molecular weight is 454 g/mol. The van der Waals surface area contributed by atoms with Gasteiger partial charge in [0.15, 0.2) is 0 Å². The van der Waals surface area contributed by atoms with E-state index in [2.05, 4.69) is 26.5 Å². The second-order valence-electron chi connectivity index (χ2n) is 7.34. The van der Waals surface area contributed by atoms with Gasteiger partial charge in [-0.25, -0.2) is 14.2 Å². The Balaban J connectivity index is 1.55. The summed E-state index contributed by atoms with van der Waals surface area (Å²) in [4.78, 5) is 16.6. The van der Waals surface area contributed by atoms with Crippen molar-refractivity contribution in [2.75, 3.05) is 5.32 Å². The lowest BCUT2D eigenvalue weighted by atomic mass is 10.1. The molecule has 0 bridgehead atoms. The van der Waals surface area contributed by atoms with Crippen molar-refractivity contribution in [2.24, 2.45) is 10.9 Å². The molecule has 2 aromatic rings. The van der Waals surface area contributed by atoms with Gasteiger partial charge in [0.1, 0.15) is 11.6 Å². The number of nitrogens with zero attached hydrogens (tertiary/aromatic N) is 1. The molecule has 1 aliphatic carbocycles. The van der Waals surface area contributed by atoms with Crippen LogP contribution in [0.5, 0.6) is 0 Å². The van der Waals surface area contributed by atoms with Crippen molar-refractivity contribution in [3.63, 3.8) is 0 Å². The third-order valence-corrected chi connectivity index (χ3v) is 5.46. The molecule has 1 saturated carbocycles. The summed E-state index contributed by atoms with van der Waals surface area (Å²) in [6.45, 7) is 0. The summed E-state index contributed by atoms with van der Waals surface area (Å²) in [5, 5.41) is 6.08. The number of halogens is 4. The quantitative estimate of drug-likeness (QED) is 0.414. The second-order valence-corrected chi connectivity index (χ2v) is 8.19. The van der Waals surface area contributed by atoms with Crippen LogP contribution in [0.4, 0.5) is 14.5 Å². The highest BCUT2D eigenvalue weighted by atomic mass is 35.5. The van der Waals surface area contributed by atoms with Crippen molar-refractivity contribution < 1.29 is 13.6 Å². The van der Waals surface area contributed by atoms with E-state index in [9.17, 15) is 13.6 Å². The minimum atomic E-state index is -0.717. The molecule has 4 N–H and O–H groups in total. The normalized spacial score (nSPS) is 21.5. The van der Waals surface area contributed by atoms with E-state index < -0.39 is 17.5 Å². The molecule has 0 radical (unpaired) electrons. The largest absolute Gasteiger partial charge is 0.339 e. The van der Waals surface area contributed by atoms with E-state index in [0.29, 0.717) is 17.6 Å². The molecule has 2 aliphatic rings. The highest BCUT2D eigenvalue weighted by Crippen LogP contribution is 2.35. The van der Waals surface area contributed by atoms with Crippen LogP contribution in [0.1, 0.15) is 29.6 Å². The maximum atomic E-state index is 13.7. The minimum Gasteiger partial charge on any atom is -0.339 e. The van der Waals surface area contributed by atoms with Crippen molar-refractivity contribution in [3.05, 3.63) is 63.6 Å². The average Bonchev–Trinajstić information content (AvgIpc) is 3.42. The second kappa shape index (κ2) is 8.85. The Bertz CT molecular complexity index is 979. The highest BCUT2D eigenvalue weighted by molar-refractivity contribution is 6.31. The van der Waals surface area contributed by atoms with Crippen molar-refractivity contribution in [3.8, 4) is 0 Å². The maximum absolute atomic E-state index is 13.7. The fourth-order valence-electron chi connectivity index (χ4n) is 3.30. The number of benzene rings is 2. The molecule has 1 heterocycles. The van der Waals surface area contributed by atoms with Gasteiger partial charge in [-0.1, -0.05) is 23.2 Å². The number of carbonyl (C=O) groups is 1. The number of amides is 1. The number of aliphatic imine (C=N–C) groups is 1. The molecule has 2 atom stereocenters. The number of hydrogen-bond acceptors (Lipinski definition) is 3. The number of rotatable bonds is 4. The number of hydrazine groups is 1. The molecule has 0 aromatic heterocycles. The lowest BCUT2D eigenvalue weighted by Gasteiger charge is -2.17. The molecule has 1 amide bonds. The monoisotopic (exact) mass is 453 g/mol. The van der Waals surface area contributed by atoms with Crippen LogP contribution in [0.3, 0.4) is 0 Å². The number of hydrogen-bond donors (Lipinski definition) is 4. The molecule has 2 fully saturated rings. The number of anilines is 1. The Hall–Kier alpha value is -2.26. The molecule has 6 nitrogen and oxygen atoms in total. The Kier molecular flexibility index (Phi) is 6.19. The fourth-order valence-corrected chi connectivity index (χ4v) is 3.64. The molecule has 2 unspecified atom stereocenters. The third-order valence-electron chi connectivity index (χ3n) is 4.94. The summed E-state index contributed by atoms with van der Waals surface area (Å²) in [5.41, 5.74) is 6.70. The zero-order chi connectivity index (χ0) is 21.3. The smallest absolute Gasteiger partial charge is 0.280 e. The van der Waals surface area contributed by atoms with Crippen molar-refractivity contribution in [2.45, 2.75) is 31.5 Å². The maximum Gasteiger partial charge on any atom is 0.280 e. The van der Waals surface area contributed by atoms with Gasteiger partial charge in [0, 0.05) is 22.3 Å². The van der Waals surface area contributed by atoms with Crippen molar-refractivity contribution in [1.82, 2.24) is 16.2 Å². The molecule has 1 saturated heterocycles. The molecule has 30 heavy (non-hydrogen) atoms. The van der Waals surface area contributed by atoms with Gasteiger partial charge in [0.05, 0.1) is 11.2 Å². The van der Waals surface area contributed by atoms with Gasteiger partial charge in [-0.05, 0) is 61.6 Å². The van der Waals surface area contributed by atoms with Crippen LogP contribution in [0.15, 0.2) is 41.4 Å². The van der Waals surface area contributed by atoms with Crippen LogP contribution in [0, 0.1) is 17.6 Å².